The highest BCUT2D eigenvalue weighted by Gasteiger charge is 2.29. The number of fused-ring (bicyclic) bond motifs is 1. The first-order chi connectivity index (χ1) is 14.8. The molecule has 2 heterocycles. The molecule has 1 aliphatic heterocycles. The molecule has 1 aromatic carbocycles. The number of aromatic nitrogens is 1. The number of carbonyl (C=O) groups is 1. The zero-order chi connectivity index (χ0) is 22.2. The molecule has 7 nitrogen and oxygen atoms in total. The minimum atomic E-state index is -3.68. The molecule has 1 saturated carbocycles. The Labute approximate surface area is 183 Å². The molecule has 4 rings (SSSR count). The molecule has 1 N–H and O–H groups in total. The summed E-state index contributed by atoms with van der Waals surface area (Å²) in [4.78, 5) is 26.2. The summed E-state index contributed by atoms with van der Waals surface area (Å²) in [5.41, 5.74) is 0.290. The van der Waals surface area contributed by atoms with E-state index < -0.39 is 15.5 Å². The van der Waals surface area contributed by atoms with E-state index in [-0.39, 0.29) is 27.8 Å². The van der Waals surface area contributed by atoms with Gasteiger partial charge in [0.05, 0.1) is 10.4 Å². The fourth-order valence-electron chi connectivity index (χ4n) is 4.67. The lowest BCUT2D eigenvalue weighted by Crippen LogP contribution is -2.38. The van der Waals surface area contributed by atoms with Crippen LogP contribution in [-0.2, 0) is 16.6 Å². The molecule has 31 heavy (non-hydrogen) atoms. The number of rotatable bonds is 5. The number of nitrogens with zero attached hydrogens (tertiary/aromatic N) is 2. The summed E-state index contributed by atoms with van der Waals surface area (Å²) in [5, 5.41) is 3.24. The van der Waals surface area contributed by atoms with Crippen molar-refractivity contribution >= 4 is 26.8 Å². The van der Waals surface area contributed by atoms with Gasteiger partial charge in [-0.25, -0.2) is 8.42 Å². The van der Waals surface area contributed by atoms with Crippen LogP contribution in [0.5, 0.6) is 0 Å². The second-order valence-electron chi connectivity index (χ2n) is 8.88. The lowest BCUT2D eigenvalue weighted by atomic mass is 10.0. The average molecular weight is 446 g/mol. The number of hydrogen-bond donors (Lipinski definition) is 1. The summed E-state index contributed by atoms with van der Waals surface area (Å²) in [6.07, 6.45) is 7.28. The quantitative estimate of drug-likeness (QED) is 0.766. The smallest absolute Gasteiger partial charge is 0.256 e. The Hall–Kier alpha value is -2.19. The molecule has 2 fully saturated rings. The van der Waals surface area contributed by atoms with Crippen LogP contribution in [0.15, 0.2) is 34.1 Å². The molecule has 0 spiro atoms. The average Bonchev–Trinajstić information content (AvgIpc) is 3.27. The zero-order valence-corrected chi connectivity index (χ0v) is 19.1. The van der Waals surface area contributed by atoms with Crippen molar-refractivity contribution in [3.63, 3.8) is 0 Å². The van der Waals surface area contributed by atoms with E-state index in [1.54, 1.807) is 18.3 Å². The SMILES string of the molecule is CCn1cc(C(=O)NC2CCCC2)c(=O)c2cc(S(=O)(=O)N3CCC(C)CC3)ccc21. The predicted molar refractivity (Wildman–Crippen MR) is 121 cm³/mol. The Morgan fingerprint density at radius 2 is 1.81 bits per heavy atom. The van der Waals surface area contributed by atoms with Gasteiger partial charge in [-0.05, 0) is 56.7 Å². The monoisotopic (exact) mass is 445 g/mol. The van der Waals surface area contributed by atoms with Crippen molar-refractivity contribution in [3.05, 3.63) is 40.2 Å². The number of piperidine rings is 1. The standard InChI is InChI=1S/C23H31N3O4S/c1-3-25-15-20(23(28)24-17-6-4-5-7-17)22(27)19-14-18(8-9-21(19)25)31(29,30)26-12-10-16(2)11-13-26/h8-9,14-17H,3-7,10-13H2,1-2H3,(H,24,28). The summed E-state index contributed by atoms with van der Waals surface area (Å²) >= 11 is 0. The lowest BCUT2D eigenvalue weighted by molar-refractivity contribution is 0.0936. The maximum atomic E-state index is 13.2. The van der Waals surface area contributed by atoms with Crippen LogP contribution in [0.2, 0.25) is 0 Å². The molecule has 1 aromatic heterocycles. The van der Waals surface area contributed by atoms with Gasteiger partial charge in [0.25, 0.3) is 5.91 Å². The molecule has 0 radical (unpaired) electrons. The molecule has 1 amide bonds. The van der Waals surface area contributed by atoms with Gasteiger partial charge in [0.2, 0.25) is 15.5 Å². The number of pyridine rings is 1. The maximum absolute atomic E-state index is 13.2. The molecule has 0 atom stereocenters. The molecule has 0 unspecified atom stereocenters. The number of carbonyl (C=O) groups excluding carboxylic acids is 1. The van der Waals surface area contributed by atoms with Gasteiger partial charge in [-0.2, -0.15) is 4.31 Å². The van der Waals surface area contributed by atoms with Crippen molar-refractivity contribution in [1.29, 1.82) is 0 Å². The van der Waals surface area contributed by atoms with Crippen LogP contribution in [0.1, 0.15) is 62.7 Å². The van der Waals surface area contributed by atoms with Crippen LogP contribution in [0.4, 0.5) is 0 Å². The van der Waals surface area contributed by atoms with E-state index in [1.165, 1.54) is 10.4 Å². The Balaban J connectivity index is 1.74. The molecule has 8 heteroatoms. The second kappa shape index (κ2) is 8.74. The van der Waals surface area contributed by atoms with Gasteiger partial charge in [0.15, 0.2) is 0 Å². The highest BCUT2D eigenvalue weighted by molar-refractivity contribution is 7.89. The molecule has 1 saturated heterocycles. The van der Waals surface area contributed by atoms with Gasteiger partial charge in [0, 0.05) is 37.3 Å². The lowest BCUT2D eigenvalue weighted by Gasteiger charge is -2.29. The first-order valence-electron chi connectivity index (χ1n) is 11.3. The minimum Gasteiger partial charge on any atom is -0.349 e. The Morgan fingerprint density at radius 1 is 1.13 bits per heavy atom. The number of hydrogen-bond acceptors (Lipinski definition) is 4. The summed E-state index contributed by atoms with van der Waals surface area (Å²) in [7, 11) is -3.68. The maximum Gasteiger partial charge on any atom is 0.256 e. The van der Waals surface area contributed by atoms with Crippen LogP contribution in [0.3, 0.4) is 0 Å². The van der Waals surface area contributed by atoms with E-state index in [0.29, 0.717) is 31.1 Å². The topological polar surface area (TPSA) is 88.5 Å². The van der Waals surface area contributed by atoms with Gasteiger partial charge in [-0.1, -0.05) is 19.8 Å². The molecule has 2 aromatic rings. The number of benzene rings is 1. The van der Waals surface area contributed by atoms with E-state index in [9.17, 15) is 18.0 Å². The van der Waals surface area contributed by atoms with Gasteiger partial charge in [-0.15, -0.1) is 0 Å². The van der Waals surface area contributed by atoms with Crippen molar-refractivity contribution in [2.24, 2.45) is 5.92 Å². The van der Waals surface area contributed by atoms with Crippen LogP contribution in [0.25, 0.3) is 10.9 Å². The Kier molecular flexibility index (Phi) is 6.21. The summed E-state index contributed by atoms with van der Waals surface area (Å²) in [6, 6.07) is 4.80. The summed E-state index contributed by atoms with van der Waals surface area (Å²) in [6.45, 7) is 5.61. The molecule has 168 valence electrons. The largest absolute Gasteiger partial charge is 0.349 e. The van der Waals surface area contributed by atoms with E-state index in [1.807, 2.05) is 11.5 Å². The molecule has 2 aliphatic rings. The summed E-state index contributed by atoms with van der Waals surface area (Å²) < 4.78 is 29.7. The predicted octanol–water partition coefficient (Wildman–Crippen LogP) is 3.11. The first-order valence-corrected chi connectivity index (χ1v) is 12.7. The third kappa shape index (κ3) is 4.28. The van der Waals surface area contributed by atoms with Crippen LogP contribution in [0, 0.1) is 5.92 Å². The van der Waals surface area contributed by atoms with Crippen molar-refractivity contribution in [2.45, 2.75) is 69.9 Å². The molecular weight excluding hydrogens is 414 g/mol. The Morgan fingerprint density at radius 3 is 2.45 bits per heavy atom. The molecule has 0 bridgehead atoms. The van der Waals surface area contributed by atoms with E-state index in [2.05, 4.69) is 12.2 Å². The highest BCUT2D eigenvalue weighted by Crippen LogP contribution is 2.25. The number of sulfonamides is 1. The van der Waals surface area contributed by atoms with Gasteiger partial charge in [-0.3, -0.25) is 9.59 Å². The Bertz CT molecular complexity index is 1140. The third-order valence-corrected chi connectivity index (χ3v) is 8.60. The van der Waals surface area contributed by atoms with E-state index >= 15 is 0 Å². The third-order valence-electron chi connectivity index (χ3n) is 6.71. The summed E-state index contributed by atoms with van der Waals surface area (Å²) in [5.74, 6) is 0.139. The second-order valence-corrected chi connectivity index (χ2v) is 10.8. The fourth-order valence-corrected chi connectivity index (χ4v) is 6.16. The highest BCUT2D eigenvalue weighted by atomic mass is 32.2. The van der Waals surface area contributed by atoms with Gasteiger partial charge >= 0.3 is 0 Å². The van der Waals surface area contributed by atoms with Gasteiger partial charge in [0.1, 0.15) is 5.56 Å². The van der Waals surface area contributed by atoms with Crippen LogP contribution in [-0.4, -0.2) is 42.3 Å². The van der Waals surface area contributed by atoms with Crippen LogP contribution < -0.4 is 10.7 Å². The first kappa shape index (κ1) is 22.0. The number of nitrogens with one attached hydrogen (secondary N) is 1. The number of aryl methyl sites for hydroxylation is 1. The van der Waals surface area contributed by atoms with Crippen molar-refractivity contribution in [2.75, 3.05) is 13.1 Å². The van der Waals surface area contributed by atoms with E-state index in [0.717, 1.165) is 38.5 Å². The van der Waals surface area contributed by atoms with Gasteiger partial charge < -0.3 is 9.88 Å². The zero-order valence-electron chi connectivity index (χ0n) is 18.3. The van der Waals surface area contributed by atoms with Crippen molar-refractivity contribution in [3.8, 4) is 0 Å². The van der Waals surface area contributed by atoms with E-state index in [4.69, 9.17) is 0 Å². The van der Waals surface area contributed by atoms with Crippen molar-refractivity contribution in [1.82, 2.24) is 14.2 Å². The normalized spacial score (nSPS) is 19.2. The molecular formula is C23H31N3O4S. The fraction of sp³-hybridized carbons (Fsp3) is 0.565. The minimum absolute atomic E-state index is 0.0718. The number of amides is 1. The molecule has 1 aliphatic carbocycles. The van der Waals surface area contributed by atoms with Crippen LogP contribution >= 0.6 is 0 Å². The van der Waals surface area contributed by atoms with Crippen molar-refractivity contribution < 1.29 is 13.2 Å².